The van der Waals surface area contributed by atoms with E-state index in [1.54, 1.807) is 0 Å². The monoisotopic (exact) mass is 258 g/mol. The van der Waals surface area contributed by atoms with Crippen LogP contribution in [-0.4, -0.2) is 12.6 Å². The summed E-state index contributed by atoms with van der Waals surface area (Å²) in [6.45, 7) is 2.65. The highest BCUT2D eigenvalue weighted by Gasteiger charge is 2.64. The molecule has 0 aromatic heterocycles. The van der Waals surface area contributed by atoms with E-state index in [0.29, 0.717) is 12.6 Å². The van der Waals surface area contributed by atoms with Crippen LogP contribution in [0.5, 0.6) is 5.75 Å². The van der Waals surface area contributed by atoms with Crippen molar-refractivity contribution >= 4 is 11.4 Å². The number of nitrogen functional groups attached to an aromatic ring is 1. The molecule has 3 N–H and O–H groups in total. The van der Waals surface area contributed by atoms with Gasteiger partial charge in [0.2, 0.25) is 0 Å². The van der Waals surface area contributed by atoms with Crippen molar-refractivity contribution in [3.63, 3.8) is 0 Å². The van der Waals surface area contributed by atoms with Crippen LogP contribution in [0.1, 0.15) is 26.2 Å². The van der Waals surface area contributed by atoms with E-state index in [4.69, 9.17) is 10.5 Å². The van der Waals surface area contributed by atoms with Crippen LogP contribution >= 0.6 is 0 Å². The molecule has 2 bridgehead atoms. The normalized spacial score (nSPS) is 38.1. The van der Waals surface area contributed by atoms with Crippen LogP contribution in [0.3, 0.4) is 0 Å². The van der Waals surface area contributed by atoms with Crippen LogP contribution in [-0.2, 0) is 0 Å². The molecular formula is C16H22N2O. The minimum atomic E-state index is 0.659. The molecule has 4 unspecified atom stereocenters. The third kappa shape index (κ3) is 1.71. The Morgan fingerprint density at radius 1 is 1.26 bits per heavy atom. The van der Waals surface area contributed by atoms with Gasteiger partial charge in [-0.25, -0.2) is 0 Å². The van der Waals surface area contributed by atoms with E-state index in [-0.39, 0.29) is 0 Å². The van der Waals surface area contributed by atoms with E-state index in [0.717, 1.165) is 40.8 Å². The van der Waals surface area contributed by atoms with Gasteiger partial charge in [-0.2, -0.15) is 0 Å². The van der Waals surface area contributed by atoms with Crippen molar-refractivity contribution in [1.82, 2.24) is 0 Å². The number of anilines is 2. The molecule has 3 heteroatoms. The number of benzene rings is 1. The Morgan fingerprint density at radius 2 is 2.00 bits per heavy atom. The molecule has 0 aliphatic heterocycles. The van der Waals surface area contributed by atoms with E-state index in [9.17, 15) is 0 Å². The molecule has 0 radical (unpaired) electrons. The lowest BCUT2D eigenvalue weighted by Crippen LogP contribution is -2.12. The van der Waals surface area contributed by atoms with Gasteiger partial charge in [-0.3, -0.25) is 0 Å². The van der Waals surface area contributed by atoms with E-state index in [1.807, 2.05) is 13.0 Å². The van der Waals surface area contributed by atoms with Crippen molar-refractivity contribution in [2.24, 2.45) is 23.7 Å². The van der Waals surface area contributed by atoms with Crippen LogP contribution in [0.2, 0.25) is 0 Å². The van der Waals surface area contributed by atoms with Crippen molar-refractivity contribution in [2.75, 3.05) is 17.7 Å². The Hall–Kier alpha value is -1.38. The van der Waals surface area contributed by atoms with Gasteiger partial charge < -0.3 is 15.8 Å². The second kappa shape index (κ2) is 4.06. The summed E-state index contributed by atoms with van der Waals surface area (Å²) in [7, 11) is 0. The third-order valence-electron chi connectivity index (χ3n) is 5.38. The highest BCUT2D eigenvalue weighted by Crippen LogP contribution is 2.66. The molecule has 3 aliphatic rings. The quantitative estimate of drug-likeness (QED) is 0.816. The molecule has 0 heterocycles. The Labute approximate surface area is 114 Å². The summed E-state index contributed by atoms with van der Waals surface area (Å²) in [5, 5.41) is 3.71. The summed E-state index contributed by atoms with van der Waals surface area (Å²) in [5.74, 6) is 4.72. The highest BCUT2D eigenvalue weighted by atomic mass is 16.5. The average molecular weight is 258 g/mol. The lowest BCUT2D eigenvalue weighted by molar-refractivity contribution is 0.342. The first-order valence-electron chi connectivity index (χ1n) is 7.56. The number of fused-ring (bicyclic) bond motifs is 5. The summed E-state index contributed by atoms with van der Waals surface area (Å²) in [5.41, 5.74) is 7.80. The van der Waals surface area contributed by atoms with Gasteiger partial charge in [0.25, 0.3) is 0 Å². The van der Waals surface area contributed by atoms with Crippen molar-refractivity contribution in [2.45, 2.75) is 32.2 Å². The average Bonchev–Trinajstić information content (AvgIpc) is 2.81. The number of hydrogen-bond donors (Lipinski definition) is 2. The van der Waals surface area contributed by atoms with E-state index >= 15 is 0 Å². The van der Waals surface area contributed by atoms with Gasteiger partial charge in [0.1, 0.15) is 5.75 Å². The molecule has 3 nitrogen and oxygen atoms in total. The summed E-state index contributed by atoms with van der Waals surface area (Å²) in [6, 6.07) is 6.78. The maximum atomic E-state index is 5.92. The molecule has 4 atom stereocenters. The molecular weight excluding hydrogens is 236 g/mol. The zero-order chi connectivity index (χ0) is 13.0. The predicted molar refractivity (Wildman–Crippen MR) is 77.2 cm³/mol. The molecule has 3 fully saturated rings. The smallest absolute Gasteiger partial charge is 0.144 e. The SMILES string of the molecule is CCOc1cc(NC2C3C4CCC(C4)C23)ccc1N. The summed E-state index contributed by atoms with van der Waals surface area (Å²) in [4.78, 5) is 0. The zero-order valence-corrected chi connectivity index (χ0v) is 11.4. The van der Waals surface area contributed by atoms with E-state index in [2.05, 4.69) is 17.4 Å². The topological polar surface area (TPSA) is 47.3 Å². The molecule has 102 valence electrons. The first kappa shape index (κ1) is 11.4. The van der Waals surface area contributed by atoms with Crippen LogP contribution in [0, 0.1) is 23.7 Å². The Balaban J connectivity index is 1.48. The number of ether oxygens (including phenoxy) is 1. The van der Waals surface area contributed by atoms with Crippen LogP contribution in [0.4, 0.5) is 11.4 Å². The largest absolute Gasteiger partial charge is 0.492 e. The highest BCUT2D eigenvalue weighted by molar-refractivity contribution is 5.62. The predicted octanol–water partition coefficient (Wildman–Crippen LogP) is 3.12. The summed E-state index contributed by atoms with van der Waals surface area (Å²) in [6.07, 6.45) is 4.44. The zero-order valence-electron chi connectivity index (χ0n) is 11.4. The van der Waals surface area contributed by atoms with Crippen LogP contribution < -0.4 is 15.8 Å². The first-order chi connectivity index (χ1) is 9.28. The Kier molecular flexibility index (Phi) is 2.44. The van der Waals surface area contributed by atoms with Gasteiger partial charge in [0, 0.05) is 17.8 Å². The minimum absolute atomic E-state index is 0.659. The van der Waals surface area contributed by atoms with Crippen molar-refractivity contribution in [3.8, 4) is 5.75 Å². The van der Waals surface area contributed by atoms with Gasteiger partial charge in [0.15, 0.2) is 0 Å². The minimum Gasteiger partial charge on any atom is -0.492 e. The molecule has 0 spiro atoms. The first-order valence-corrected chi connectivity index (χ1v) is 7.56. The second-order valence-electron chi connectivity index (χ2n) is 6.34. The Bertz CT molecular complexity index is 486. The van der Waals surface area contributed by atoms with E-state index in [1.165, 1.54) is 19.3 Å². The van der Waals surface area contributed by atoms with E-state index < -0.39 is 0 Å². The number of hydrogen-bond acceptors (Lipinski definition) is 3. The van der Waals surface area contributed by atoms with Gasteiger partial charge >= 0.3 is 0 Å². The second-order valence-corrected chi connectivity index (χ2v) is 6.34. The third-order valence-corrected chi connectivity index (χ3v) is 5.38. The van der Waals surface area contributed by atoms with Gasteiger partial charge in [-0.15, -0.1) is 0 Å². The van der Waals surface area contributed by atoms with Gasteiger partial charge in [-0.05, 0) is 62.0 Å². The summed E-state index contributed by atoms with van der Waals surface area (Å²) >= 11 is 0. The molecule has 1 aromatic rings. The molecule has 3 aliphatic carbocycles. The fourth-order valence-corrected chi connectivity index (χ4v) is 4.62. The van der Waals surface area contributed by atoms with Gasteiger partial charge in [0.05, 0.1) is 12.3 Å². The van der Waals surface area contributed by atoms with Crippen molar-refractivity contribution < 1.29 is 4.74 Å². The molecule has 1 aromatic carbocycles. The Morgan fingerprint density at radius 3 is 2.68 bits per heavy atom. The number of nitrogens with two attached hydrogens (primary N) is 1. The standard InChI is InChI=1S/C16H22N2O/c1-2-19-13-8-11(5-6-12(13)17)18-16-14-9-3-4-10(7-9)15(14)16/h5-6,8-10,14-16,18H,2-4,7,17H2,1H3. The van der Waals surface area contributed by atoms with Crippen molar-refractivity contribution in [1.29, 1.82) is 0 Å². The lowest BCUT2D eigenvalue weighted by Gasteiger charge is -2.14. The van der Waals surface area contributed by atoms with Crippen LogP contribution in [0.25, 0.3) is 0 Å². The maximum Gasteiger partial charge on any atom is 0.144 e. The number of rotatable bonds is 4. The molecule has 0 saturated heterocycles. The molecule has 4 rings (SSSR count). The number of nitrogens with one attached hydrogen (secondary N) is 1. The molecule has 0 amide bonds. The van der Waals surface area contributed by atoms with Crippen molar-refractivity contribution in [3.05, 3.63) is 18.2 Å². The van der Waals surface area contributed by atoms with Gasteiger partial charge in [-0.1, -0.05) is 0 Å². The lowest BCUT2D eigenvalue weighted by atomic mass is 10.0. The molecule has 19 heavy (non-hydrogen) atoms. The molecule has 3 saturated carbocycles. The fourth-order valence-electron chi connectivity index (χ4n) is 4.62. The maximum absolute atomic E-state index is 5.92. The summed E-state index contributed by atoms with van der Waals surface area (Å²) < 4.78 is 5.56. The van der Waals surface area contributed by atoms with Crippen LogP contribution in [0.15, 0.2) is 18.2 Å². The fraction of sp³-hybridized carbons (Fsp3) is 0.625.